The third-order valence-corrected chi connectivity index (χ3v) is 3.22. The lowest BCUT2D eigenvalue weighted by Gasteiger charge is -2.24. The summed E-state index contributed by atoms with van der Waals surface area (Å²) in [4.78, 5) is 8.32. The molecule has 17 heavy (non-hydrogen) atoms. The predicted octanol–water partition coefficient (Wildman–Crippen LogP) is 2.67. The fraction of sp³-hybridized carbons (Fsp3) is 0.667. The molecule has 1 aromatic rings. The van der Waals surface area contributed by atoms with Crippen LogP contribution in [0, 0.1) is 0 Å². The molecule has 0 aromatic carbocycles. The monoisotopic (exact) mass is 255 g/mol. The summed E-state index contributed by atoms with van der Waals surface area (Å²) in [7, 11) is 0. The van der Waals surface area contributed by atoms with Crippen molar-refractivity contribution in [1.82, 2.24) is 9.97 Å². The predicted molar refractivity (Wildman–Crippen MR) is 68.5 cm³/mol. The molecule has 94 valence electrons. The highest BCUT2D eigenvalue weighted by atomic mass is 35.5. The fourth-order valence-electron chi connectivity index (χ4n) is 2.03. The number of ether oxygens (including phenoxy) is 1. The Morgan fingerprint density at radius 1 is 1.53 bits per heavy atom. The summed E-state index contributed by atoms with van der Waals surface area (Å²) in [6.45, 7) is 3.73. The van der Waals surface area contributed by atoms with Gasteiger partial charge in [0.2, 0.25) is 0 Å². The molecule has 5 heteroatoms. The highest BCUT2D eigenvalue weighted by Gasteiger charge is 2.17. The summed E-state index contributed by atoms with van der Waals surface area (Å²) in [6.07, 6.45) is 5.65. The van der Waals surface area contributed by atoms with Gasteiger partial charge in [0, 0.05) is 12.2 Å². The zero-order chi connectivity index (χ0) is 12.1. The van der Waals surface area contributed by atoms with E-state index in [0.717, 1.165) is 50.3 Å². The first kappa shape index (κ1) is 12.6. The third kappa shape index (κ3) is 3.30. The maximum atomic E-state index is 6.10. The largest absolute Gasteiger partial charge is 0.379 e. The molecule has 4 nitrogen and oxygen atoms in total. The molecule has 0 radical (unpaired) electrons. The van der Waals surface area contributed by atoms with Crippen LogP contribution >= 0.6 is 11.6 Å². The number of anilines is 1. The normalized spacial score (nSPS) is 20.2. The second kappa shape index (κ2) is 6.17. The van der Waals surface area contributed by atoms with Gasteiger partial charge in [0.05, 0.1) is 12.6 Å². The molecule has 1 unspecified atom stereocenters. The van der Waals surface area contributed by atoms with Crippen LogP contribution in [0.25, 0.3) is 0 Å². The van der Waals surface area contributed by atoms with E-state index < -0.39 is 0 Å². The van der Waals surface area contributed by atoms with Crippen LogP contribution in [0.15, 0.2) is 6.33 Å². The topological polar surface area (TPSA) is 47.0 Å². The minimum atomic E-state index is 0.338. The quantitative estimate of drug-likeness (QED) is 0.841. The average molecular weight is 256 g/mol. The van der Waals surface area contributed by atoms with Gasteiger partial charge in [-0.15, -0.1) is 0 Å². The second-order valence-electron chi connectivity index (χ2n) is 4.30. The van der Waals surface area contributed by atoms with Gasteiger partial charge in [-0.25, -0.2) is 9.97 Å². The van der Waals surface area contributed by atoms with E-state index in [9.17, 15) is 0 Å². The summed E-state index contributed by atoms with van der Waals surface area (Å²) in [5.41, 5.74) is 1.02. The van der Waals surface area contributed by atoms with Crippen molar-refractivity contribution in [2.45, 2.75) is 38.6 Å². The molecule has 1 N–H and O–H groups in total. The van der Waals surface area contributed by atoms with Gasteiger partial charge >= 0.3 is 0 Å². The number of nitrogens with one attached hydrogen (secondary N) is 1. The molecule has 1 fully saturated rings. The second-order valence-corrected chi connectivity index (χ2v) is 4.66. The molecule has 1 atom stereocenters. The van der Waals surface area contributed by atoms with E-state index in [2.05, 4.69) is 22.2 Å². The molecule has 1 aromatic heterocycles. The van der Waals surface area contributed by atoms with Gasteiger partial charge in [-0.1, -0.05) is 24.9 Å². The maximum Gasteiger partial charge on any atom is 0.137 e. The summed E-state index contributed by atoms with van der Waals surface area (Å²) in [5.74, 6) is 0.863. The van der Waals surface area contributed by atoms with Crippen LogP contribution < -0.4 is 5.32 Å². The van der Waals surface area contributed by atoms with Crippen LogP contribution in [0.1, 0.15) is 31.7 Å². The van der Waals surface area contributed by atoms with Crippen molar-refractivity contribution in [2.24, 2.45) is 0 Å². The molecule has 2 rings (SSSR count). The lowest BCUT2D eigenvalue weighted by molar-refractivity contribution is 0.0875. The minimum absolute atomic E-state index is 0.338. The van der Waals surface area contributed by atoms with E-state index in [-0.39, 0.29) is 0 Å². The van der Waals surface area contributed by atoms with Gasteiger partial charge in [-0.05, 0) is 19.3 Å². The number of hydrogen-bond donors (Lipinski definition) is 1. The molecular formula is C12H18ClN3O. The number of hydrogen-bond acceptors (Lipinski definition) is 4. The first-order valence-corrected chi connectivity index (χ1v) is 6.52. The number of rotatable bonds is 4. The van der Waals surface area contributed by atoms with Gasteiger partial charge in [0.25, 0.3) is 0 Å². The standard InChI is InChI=1S/C12H18ClN3O/c1-2-4-10-11(13)14-8-15-12(10)16-9-5-3-6-17-7-9/h8-9H,2-7H2,1H3,(H,14,15,16). The Kier molecular flexibility index (Phi) is 4.57. The van der Waals surface area contributed by atoms with Crippen LogP contribution in [-0.2, 0) is 11.2 Å². The lowest BCUT2D eigenvalue weighted by Crippen LogP contribution is -2.30. The van der Waals surface area contributed by atoms with E-state index in [4.69, 9.17) is 16.3 Å². The Morgan fingerprint density at radius 2 is 2.41 bits per heavy atom. The highest BCUT2D eigenvalue weighted by Crippen LogP contribution is 2.23. The number of halogens is 1. The van der Waals surface area contributed by atoms with Gasteiger partial charge < -0.3 is 10.1 Å². The Balaban J connectivity index is 2.10. The van der Waals surface area contributed by atoms with Crippen molar-refractivity contribution >= 4 is 17.4 Å². The van der Waals surface area contributed by atoms with Crippen molar-refractivity contribution in [3.63, 3.8) is 0 Å². The molecule has 0 aliphatic carbocycles. The molecule has 1 saturated heterocycles. The Morgan fingerprint density at radius 3 is 3.12 bits per heavy atom. The average Bonchev–Trinajstić information content (AvgIpc) is 2.35. The van der Waals surface area contributed by atoms with Crippen LogP contribution in [0.5, 0.6) is 0 Å². The fourth-order valence-corrected chi connectivity index (χ4v) is 2.26. The Hall–Kier alpha value is -0.870. The SMILES string of the molecule is CCCc1c(Cl)ncnc1NC1CCCOC1. The number of aromatic nitrogens is 2. The number of nitrogens with zero attached hydrogens (tertiary/aromatic N) is 2. The zero-order valence-corrected chi connectivity index (χ0v) is 10.8. The maximum absolute atomic E-state index is 6.10. The molecule has 0 amide bonds. The van der Waals surface area contributed by atoms with Crippen LogP contribution in [0.3, 0.4) is 0 Å². The molecule has 0 spiro atoms. The first-order chi connectivity index (χ1) is 8.31. The van der Waals surface area contributed by atoms with Crippen LogP contribution in [-0.4, -0.2) is 29.2 Å². The van der Waals surface area contributed by atoms with Crippen LogP contribution in [0.4, 0.5) is 5.82 Å². The van der Waals surface area contributed by atoms with E-state index >= 15 is 0 Å². The summed E-state index contributed by atoms with van der Waals surface area (Å²) < 4.78 is 5.45. The van der Waals surface area contributed by atoms with Crippen molar-refractivity contribution in [1.29, 1.82) is 0 Å². The smallest absolute Gasteiger partial charge is 0.137 e. The van der Waals surface area contributed by atoms with E-state index in [1.165, 1.54) is 6.33 Å². The van der Waals surface area contributed by atoms with Gasteiger partial charge in [-0.2, -0.15) is 0 Å². The minimum Gasteiger partial charge on any atom is -0.379 e. The highest BCUT2D eigenvalue weighted by molar-refractivity contribution is 6.30. The first-order valence-electron chi connectivity index (χ1n) is 6.15. The molecular weight excluding hydrogens is 238 g/mol. The summed E-state index contributed by atoms with van der Waals surface area (Å²) in [5, 5.41) is 3.97. The summed E-state index contributed by atoms with van der Waals surface area (Å²) in [6, 6.07) is 0.338. The van der Waals surface area contributed by atoms with E-state index in [0.29, 0.717) is 11.2 Å². The van der Waals surface area contributed by atoms with Gasteiger partial charge in [-0.3, -0.25) is 0 Å². The third-order valence-electron chi connectivity index (χ3n) is 2.89. The van der Waals surface area contributed by atoms with Gasteiger partial charge in [0.15, 0.2) is 0 Å². The molecule has 1 aliphatic heterocycles. The van der Waals surface area contributed by atoms with Crippen LogP contribution in [0.2, 0.25) is 5.15 Å². The summed E-state index contributed by atoms with van der Waals surface area (Å²) >= 11 is 6.10. The molecule has 0 bridgehead atoms. The molecule has 1 aliphatic rings. The van der Waals surface area contributed by atoms with Crippen molar-refractivity contribution in [3.05, 3.63) is 17.0 Å². The van der Waals surface area contributed by atoms with Gasteiger partial charge in [0.1, 0.15) is 17.3 Å². The van der Waals surface area contributed by atoms with Crippen molar-refractivity contribution < 1.29 is 4.74 Å². The zero-order valence-electron chi connectivity index (χ0n) is 10.1. The van der Waals surface area contributed by atoms with E-state index in [1.807, 2.05) is 0 Å². The molecule has 2 heterocycles. The lowest BCUT2D eigenvalue weighted by atomic mass is 10.1. The Labute approximate surface area is 107 Å². The molecule has 0 saturated carbocycles. The Bertz CT molecular complexity index is 367. The van der Waals surface area contributed by atoms with Crippen molar-refractivity contribution in [3.8, 4) is 0 Å². The van der Waals surface area contributed by atoms with Crippen molar-refractivity contribution in [2.75, 3.05) is 18.5 Å². The van der Waals surface area contributed by atoms with E-state index in [1.54, 1.807) is 0 Å².